The van der Waals surface area contributed by atoms with Gasteiger partial charge in [0.05, 0.1) is 24.6 Å². The monoisotopic (exact) mass is 389 g/mol. The normalized spacial score (nSPS) is 10.8. The lowest BCUT2D eigenvalue weighted by Crippen LogP contribution is -2.24. The number of benzene rings is 1. The van der Waals surface area contributed by atoms with E-state index in [-0.39, 0.29) is 12.3 Å². The van der Waals surface area contributed by atoms with Crippen LogP contribution in [0, 0.1) is 0 Å². The van der Waals surface area contributed by atoms with Crippen LogP contribution >= 0.6 is 0 Å². The number of amides is 1. The van der Waals surface area contributed by atoms with Gasteiger partial charge in [0.1, 0.15) is 5.82 Å². The summed E-state index contributed by atoms with van der Waals surface area (Å²) in [5.41, 5.74) is 3.92. The number of aromatic nitrogens is 6. The van der Waals surface area contributed by atoms with Crippen LogP contribution < -0.4 is 10.1 Å². The Balaban J connectivity index is 1.84. The third-order valence-corrected chi connectivity index (χ3v) is 4.29. The number of carbonyl (C=O) groups is 1. The summed E-state index contributed by atoms with van der Waals surface area (Å²) in [5, 5.41) is 2.78. The molecule has 1 aromatic carbocycles. The van der Waals surface area contributed by atoms with Crippen molar-refractivity contribution in [3.63, 3.8) is 0 Å². The summed E-state index contributed by atoms with van der Waals surface area (Å²) in [6.07, 6.45) is 6.90. The lowest BCUT2D eigenvalue weighted by Gasteiger charge is -2.06. The molecule has 0 atom stereocenters. The molecule has 0 saturated heterocycles. The number of aromatic amines is 1. The van der Waals surface area contributed by atoms with Crippen LogP contribution in [0.1, 0.15) is 12.7 Å². The highest BCUT2D eigenvalue weighted by atomic mass is 16.5. The number of imidazole rings is 1. The maximum Gasteiger partial charge on any atom is 0.316 e. The van der Waals surface area contributed by atoms with Crippen LogP contribution in [-0.2, 0) is 11.2 Å². The molecule has 4 aromatic rings. The van der Waals surface area contributed by atoms with Gasteiger partial charge in [-0.05, 0) is 30.7 Å². The molecule has 0 radical (unpaired) electrons. The molecule has 3 aromatic heterocycles. The van der Waals surface area contributed by atoms with Crippen molar-refractivity contribution in [3.8, 4) is 28.5 Å². The first-order valence-corrected chi connectivity index (χ1v) is 9.11. The SMILES string of the molecule is CCNC(=O)Cc1nc2c(-c3ncccn3)cc(-c3cnc(OC)nc3)cc2[nH]1. The number of methoxy groups -OCH3 is 1. The van der Waals surface area contributed by atoms with Crippen LogP contribution in [0.25, 0.3) is 33.5 Å². The van der Waals surface area contributed by atoms with Gasteiger partial charge in [0.15, 0.2) is 5.82 Å². The molecule has 0 aliphatic carbocycles. The Morgan fingerprint density at radius 1 is 1.10 bits per heavy atom. The summed E-state index contributed by atoms with van der Waals surface area (Å²) in [6, 6.07) is 5.94. The van der Waals surface area contributed by atoms with E-state index in [9.17, 15) is 4.79 Å². The minimum absolute atomic E-state index is 0.0900. The Morgan fingerprint density at radius 3 is 2.55 bits per heavy atom. The molecule has 0 fully saturated rings. The van der Waals surface area contributed by atoms with Crippen molar-refractivity contribution in [2.45, 2.75) is 13.3 Å². The molecule has 1 amide bonds. The molecule has 0 bridgehead atoms. The second kappa shape index (κ2) is 8.01. The molecule has 2 N–H and O–H groups in total. The lowest BCUT2D eigenvalue weighted by molar-refractivity contribution is -0.120. The lowest BCUT2D eigenvalue weighted by atomic mass is 10.0. The first kappa shape index (κ1) is 18.5. The highest BCUT2D eigenvalue weighted by Crippen LogP contribution is 2.31. The molecule has 9 nitrogen and oxygen atoms in total. The van der Waals surface area contributed by atoms with Crippen molar-refractivity contribution in [2.75, 3.05) is 13.7 Å². The molecule has 3 heterocycles. The zero-order valence-corrected chi connectivity index (χ0v) is 16.0. The van der Waals surface area contributed by atoms with Crippen molar-refractivity contribution in [1.29, 1.82) is 0 Å². The van der Waals surface area contributed by atoms with Crippen LogP contribution in [0.4, 0.5) is 0 Å². The van der Waals surface area contributed by atoms with Gasteiger partial charge in [-0.3, -0.25) is 4.79 Å². The highest BCUT2D eigenvalue weighted by Gasteiger charge is 2.16. The summed E-state index contributed by atoms with van der Waals surface area (Å²) in [7, 11) is 1.52. The summed E-state index contributed by atoms with van der Waals surface area (Å²) in [5.74, 6) is 1.03. The van der Waals surface area contributed by atoms with Crippen LogP contribution in [0.15, 0.2) is 43.0 Å². The van der Waals surface area contributed by atoms with Gasteiger partial charge in [-0.1, -0.05) is 0 Å². The maximum absolute atomic E-state index is 12.0. The van der Waals surface area contributed by atoms with Crippen LogP contribution in [-0.4, -0.2) is 49.5 Å². The van der Waals surface area contributed by atoms with Crippen molar-refractivity contribution in [2.24, 2.45) is 0 Å². The number of rotatable bonds is 6. The largest absolute Gasteiger partial charge is 0.467 e. The Morgan fingerprint density at radius 2 is 1.86 bits per heavy atom. The molecule has 9 heteroatoms. The van der Waals surface area contributed by atoms with Gasteiger partial charge in [-0.15, -0.1) is 0 Å². The maximum atomic E-state index is 12.0. The van der Waals surface area contributed by atoms with E-state index in [1.54, 1.807) is 30.9 Å². The number of hydrogen-bond acceptors (Lipinski definition) is 7. The predicted molar refractivity (Wildman–Crippen MR) is 107 cm³/mol. The minimum Gasteiger partial charge on any atom is -0.467 e. The average molecular weight is 389 g/mol. The smallest absolute Gasteiger partial charge is 0.316 e. The molecule has 0 aliphatic rings. The van der Waals surface area contributed by atoms with Crippen molar-refractivity contribution in [3.05, 3.63) is 48.8 Å². The van der Waals surface area contributed by atoms with E-state index >= 15 is 0 Å². The summed E-state index contributed by atoms with van der Waals surface area (Å²) >= 11 is 0. The van der Waals surface area contributed by atoms with Gasteiger partial charge in [0.25, 0.3) is 0 Å². The van der Waals surface area contributed by atoms with E-state index in [1.165, 1.54) is 7.11 Å². The number of H-pyrrole nitrogens is 1. The molecular weight excluding hydrogens is 370 g/mol. The van der Waals surface area contributed by atoms with Crippen molar-refractivity contribution >= 4 is 16.9 Å². The summed E-state index contributed by atoms with van der Waals surface area (Å²) < 4.78 is 5.03. The average Bonchev–Trinajstić information content (AvgIpc) is 3.16. The van der Waals surface area contributed by atoms with E-state index in [0.717, 1.165) is 22.2 Å². The van der Waals surface area contributed by atoms with Gasteiger partial charge in [-0.25, -0.2) is 24.9 Å². The van der Waals surface area contributed by atoms with E-state index in [4.69, 9.17) is 4.74 Å². The van der Waals surface area contributed by atoms with Crippen LogP contribution in [0.3, 0.4) is 0 Å². The van der Waals surface area contributed by atoms with E-state index < -0.39 is 0 Å². The summed E-state index contributed by atoms with van der Waals surface area (Å²) in [6.45, 7) is 2.45. The highest BCUT2D eigenvalue weighted by molar-refractivity contribution is 5.94. The fraction of sp³-hybridized carbons (Fsp3) is 0.200. The molecule has 29 heavy (non-hydrogen) atoms. The predicted octanol–water partition coefficient (Wildman–Crippen LogP) is 2.16. The van der Waals surface area contributed by atoms with E-state index in [2.05, 4.69) is 35.2 Å². The Bertz CT molecular complexity index is 1140. The molecule has 0 spiro atoms. The first-order valence-electron chi connectivity index (χ1n) is 9.11. The number of nitrogens with zero attached hydrogens (tertiary/aromatic N) is 5. The fourth-order valence-corrected chi connectivity index (χ4v) is 3.01. The third-order valence-electron chi connectivity index (χ3n) is 4.29. The van der Waals surface area contributed by atoms with Gasteiger partial charge in [0, 0.05) is 42.5 Å². The Kier molecular flexibility index (Phi) is 5.10. The molecule has 0 unspecified atom stereocenters. The number of carbonyl (C=O) groups excluding carboxylic acids is 1. The second-order valence-corrected chi connectivity index (χ2v) is 6.26. The van der Waals surface area contributed by atoms with Crippen LogP contribution in [0.5, 0.6) is 6.01 Å². The van der Waals surface area contributed by atoms with E-state index in [0.29, 0.717) is 29.7 Å². The van der Waals surface area contributed by atoms with Gasteiger partial charge in [-0.2, -0.15) is 0 Å². The number of fused-ring (bicyclic) bond motifs is 1. The number of ether oxygens (including phenoxy) is 1. The van der Waals surface area contributed by atoms with Gasteiger partial charge in [0.2, 0.25) is 5.91 Å². The molecule has 0 aliphatic heterocycles. The fourth-order valence-electron chi connectivity index (χ4n) is 3.01. The third kappa shape index (κ3) is 3.88. The number of likely N-dealkylation sites (N-methyl/N-ethyl adjacent to an activating group) is 1. The Labute approximate surface area is 166 Å². The first-order chi connectivity index (χ1) is 14.2. The quantitative estimate of drug-likeness (QED) is 0.519. The Hall–Kier alpha value is -3.88. The van der Waals surface area contributed by atoms with Crippen LogP contribution in [0.2, 0.25) is 0 Å². The second-order valence-electron chi connectivity index (χ2n) is 6.26. The van der Waals surface area contributed by atoms with Gasteiger partial charge < -0.3 is 15.0 Å². The molecule has 146 valence electrons. The zero-order chi connectivity index (χ0) is 20.2. The minimum atomic E-state index is -0.0900. The topological polar surface area (TPSA) is 119 Å². The van der Waals surface area contributed by atoms with Crippen molar-refractivity contribution in [1.82, 2.24) is 35.2 Å². The van der Waals surface area contributed by atoms with Crippen molar-refractivity contribution < 1.29 is 9.53 Å². The summed E-state index contributed by atoms with van der Waals surface area (Å²) in [4.78, 5) is 36.9. The van der Waals surface area contributed by atoms with Gasteiger partial charge >= 0.3 is 6.01 Å². The number of hydrogen-bond donors (Lipinski definition) is 2. The molecule has 4 rings (SSSR count). The standard InChI is InChI=1S/C20H19N7O2/c1-3-21-17(28)9-16-26-15-8-12(13-10-24-20(29-2)25-11-13)7-14(18(15)27-16)19-22-5-4-6-23-19/h4-8,10-11H,3,9H2,1-2H3,(H,21,28)(H,26,27). The molecule has 0 saturated carbocycles. The zero-order valence-electron chi connectivity index (χ0n) is 16.0. The molecular formula is C20H19N7O2. The van der Waals surface area contributed by atoms with E-state index in [1.807, 2.05) is 19.1 Å². The number of nitrogens with one attached hydrogen (secondary N) is 2.